The van der Waals surface area contributed by atoms with E-state index in [1.165, 1.54) is 5.56 Å². The van der Waals surface area contributed by atoms with Gasteiger partial charge in [0.05, 0.1) is 11.8 Å². The molecular formula is C19H20ClNO3S. The van der Waals surface area contributed by atoms with Gasteiger partial charge in [0, 0.05) is 24.2 Å². The lowest BCUT2D eigenvalue weighted by Crippen LogP contribution is -2.41. The molecule has 0 fully saturated rings. The van der Waals surface area contributed by atoms with Crippen LogP contribution in [0, 0.1) is 0 Å². The molecule has 1 atom stereocenters. The van der Waals surface area contributed by atoms with E-state index in [0.29, 0.717) is 11.6 Å². The van der Waals surface area contributed by atoms with Crippen LogP contribution in [0.25, 0.3) is 0 Å². The molecule has 0 radical (unpaired) electrons. The lowest BCUT2D eigenvalue weighted by Gasteiger charge is -2.38. The number of carbonyl (C=O) groups is 1. The van der Waals surface area contributed by atoms with E-state index < -0.39 is 9.84 Å². The number of nitrogens with zero attached hydrogens (tertiary/aromatic N) is 1. The molecular weight excluding hydrogens is 358 g/mol. The molecule has 3 rings (SSSR count). The van der Waals surface area contributed by atoms with Crippen LogP contribution in [0.3, 0.4) is 0 Å². The maximum atomic E-state index is 12.8. The highest BCUT2D eigenvalue weighted by Crippen LogP contribution is 2.38. The summed E-state index contributed by atoms with van der Waals surface area (Å²) in [7, 11) is -3.18. The minimum atomic E-state index is -3.18. The lowest BCUT2D eigenvalue weighted by molar-refractivity contribution is -0.132. The number of carbonyl (C=O) groups excluding carboxylic acids is 1. The zero-order valence-electron chi connectivity index (χ0n) is 14.0. The smallest absolute Gasteiger partial charge is 0.224 e. The zero-order valence-corrected chi connectivity index (χ0v) is 15.6. The summed E-state index contributed by atoms with van der Waals surface area (Å²) >= 11 is 6.41. The second kappa shape index (κ2) is 7.18. The van der Waals surface area contributed by atoms with Crippen LogP contribution in [0.5, 0.6) is 0 Å². The Bertz CT molecular complexity index is 895. The van der Waals surface area contributed by atoms with Crippen molar-refractivity contribution in [3.05, 3.63) is 70.2 Å². The van der Waals surface area contributed by atoms with Crippen molar-refractivity contribution in [2.24, 2.45) is 0 Å². The first kappa shape index (κ1) is 18.0. The van der Waals surface area contributed by atoms with E-state index in [2.05, 4.69) is 6.07 Å². The second-order valence-corrected chi connectivity index (χ2v) is 9.01. The van der Waals surface area contributed by atoms with Crippen LogP contribution in [-0.4, -0.2) is 37.8 Å². The van der Waals surface area contributed by atoms with E-state index in [1.807, 2.05) is 42.5 Å². The van der Waals surface area contributed by atoms with Crippen molar-refractivity contribution in [1.82, 2.24) is 4.90 Å². The fraction of sp³-hybridized carbons (Fsp3) is 0.316. The average molecular weight is 378 g/mol. The molecule has 1 aliphatic heterocycles. The maximum Gasteiger partial charge on any atom is 0.224 e. The molecule has 0 bridgehead atoms. The highest BCUT2D eigenvalue weighted by atomic mass is 35.5. The van der Waals surface area contributed by atoms with Crippen molar-refractivity contribution >= 4 is 27.3 Å². The van der Waals surface area contributed by atoms with Crippen molar-refractivity contribution in [3.8, 4) is 0 Å². The number of halogens is 1. The number of amides is 1. The number of rotatable bonds is 4. The first-order valence-corrected chi connectivity index (χ1v) is 10.6. The first-order chi connectivity index (χ1) is 11.9. The van der Waals surface area contributed by atoms with Gasteiger partial charge in [0.1, 0.15) is 9.84 Å². The topological polar surface area (TPSA) is 54.5 Å². The van der Waals surface area contributed by atoms with Crippen molar-refractivity contribution < 1.29 is 13.2 Å². The molecule has 0 N–H and O–H groups in total. The minimum absolute atomic E-state index is 0.0120. The average Bonchev–Trinajstić information content (AvgIpc) is 2.59. The molecule has 0 saturated carbocycles. The summed E-state index contributed by atoms with van der Waals surface area (Å²) in [5.41, 5.74) is 3.11. The van der Waals surface area contributed by atoms with Crippen LogP contribution in [0.15, 0.2) is 48.5 Å². The molecule has 4 nitrogen and oxygen atoms in total. The summed E-state index contributed by atoms with van der Waals surface area (Å²) in [6.07, 6.45) is 1.89. The number of benzene rings is 2. The maximum absolute atomic E-state index is 12.8. The van der Waals surface area contributed by atoms with Crippen LogP contribution < -0.4 is 0 Å². The predicted molar refractivity (Wildman–Crippen MR) is 99.5 cm³/mol. The number of fused-ring (bicyclic) bond motifs is 1. The van der Waals surface area contributed by atoms with Gasteiger partial charge >= 0.3 is 0 Å². The number of hydrogen-bond donors (Lipinski definition) is 0. The molecule has 25 heavy (non-hydrogen) atoms. The van der Waals surface area contributed by atoms with Crippen molar-refractivity contribution in [2.45, 2.75) is 18.9 Å². The molecule has 0 aromatic heterocycles. The Morgan fingerprint density at radius 3 is 2.44 bits per heavy atom. The summed E-state index contributed by atoms with van der Waals surface area (Å²) in [5, 5.41) is 0.602. The summed E-state index contributed by atoms with van der Waals surface area (Å²) in [6, 6.07) is 15.2. The molecule has 2 aromatic carbocycles. The summed E-state index contributed by atoms with van der Waals surface area (Å²) < 4.78 is 22.9. The van der Waals surface area contributed by atoms with Crippen LogP contribution >= 0.6 is 11.6 Å². The third-order valence-corrected chi connectivity index (χ3v) is 5.78. The van der Waals surface area contributed by atoms with Gasteiger partial charge in [-0.05, 0) is 29.2 Å². The molecule has 0 saturated heterocycles. The fourth-order valence-corrected chi connectivity index (χ4v) is 4.07. The van der Waals surface area contributed by atoms with Crippen molar-refractivity contribution in [2.75, 3.05) is 18.6 Å². The largest absolute Gasteiger partial charge is 0.331 e. The van der Waals surface area contributed by atoms with Gasteiger partial charge in [-0.15, -0.1) is 0 Å². The van der Waals surface area contributed by atoms with Crippen LogP contribution in [0.1, 0.15) is 29.2 Å². The van der Waals surface area contributed by atoms with E-state index in [1.54, 1.807) is 4.90 Å². The molecule has 1 aliphatic rings. The lowest BCUT2D eigenvalue weighted by atomic mass is 9.88. The summed E-state index contributed by atoms with van der Waals surface area (Å²) in [4.78, 5) is 14.5. The Kier molecular flexibility index (Phi) is 5.16. The molecule has 6 heteroatoms. The molecule has 1 heterocycles. The number of sulfone groups is 1. The minimum Gasteiger partial charge on any atom is -0.331 e. The standard InChI is InChI=1S/C19H20ClNO3S/c1-25(23,24)13-11-18(22)21-12-10-14-6-2-3-7-15(14)19(21)16-8-4-5-9-17(16)20/h2-9,19H,10-13H2,1H3. The van der Waals surface area contributed by atoms with Gasteiger partial charge in [-0.2, -0.15) is 0 Å². The third kappa shape index (κ3) is 4.05. The van der Waals surface area contributed by atoms with Gasteiger partial charge < -0.3 is 4.90 Å². The van der Waals surface area contributed by atoms with Crippen molar-refractivity contribution in [3.63, 3.8) is 0 Å². The van der Waals surface area contributed by atoms with E-state index in [-0.39, 0.29) is 24.1 Å². The predicted octanol–water partition coefficient (Wildman–Crippen LogP) is 3.25. The molecule has 132 valence electrons. The van der Waals surface area contributed by atoms with Gasteiger partial charge in [-0.25, -0.2) is 8.42 Å². The van der Waals surface area contributed by atoms with E-state index in [4.69, 9.17) is 11.6 Å². The molecule has 0 spiro atoms. The molecule has 1 unspecified atom stereocenters. The molecule has 2 aromatic rings. The molecule has 0 aliphatic carbocycles. The SMILES string of the molecule is CS(=O)(=O)CCC(=O)N1CCc2ccccc2C1c1ccccc1Cl. The Morgan fingerprint density at radius 2 is 1.76 bits per heavy atom. The monoisotopic (exact) mass is 377 g/mol. The molecule has 1 amide bonds. The highest BCUT2D eigenvalue weighted by Gasteiger charge is 2.32. The number of hydrogen-bond acceptors (Lipinski definition) is 3. The second-order valence-electron chi connectivity index (χ2n) is 6.34. The fourth-order valence-electron chi connectivity index (χ4n) is 3.28. The van der Waals surface area contributed by atoms with Gasteiger partial charge in [0.15, 0.2) is 0 Å². The normalized spacial score (nSPS) is 17.2. The quantitative estimate of drug-likeness (QED) is 0.821. The van der Waals surface area contributed by atoms with Crippen LogP contribution in [0.4, 0.5) is 0 Å². The Labute approximate surface area is 153 Å². The Balaban J connectivity index is 2.00. The third-order valence-electron chi connectivity index (χ3n) is 4.49. The van der Waals surface area contributed by atoms with Gasteiger partial charge in [0.2, 0.25) is 5.91 Å². The van der Waals surface area contributed by atoms with E-state index in [0.717, 1.165) is 23.8 Å². The van der Waals surface area contributed by atoms with Crippen LogP contribution in [-0.2, 0) is 21.1 Å². The van der Waals surface area contributed by atoms with Gasteiger partial charge in [-0.1, -0.05) is 54.1 Å². The van der Waals surface area contributed by atoms with Gasteiger partial charge in [0.25, 0.3) is 0 Å². The van der Waals surface area contributed by atoms with Crippen LogP contribution in [0.2, 0.25) is 5.02 Å². The summed E-state index contributed by atoms with van der Waals surface area (Å²) in [6.45, 7) is 0.551. The Morgan fingerprint density at radius 1 is 1.12 bits per heavy atom. The van der Waals surface area contributed by atoms with Gasteiger partial charge in [-0.3, -0.25) is 4.79 Å². The Hall–Kier alpha value is -1.85. The first-order valence-electron chi connectivity index (χ1n) is 8.16. The highest BCUT2D eigenvalue weighted by molar-refractivity contribution is 7.90. The summed E-state index contributed by atoms with van der Waals surface area (Å²) in [5.74, 6) is -0.302. The zero-order chi connectivity index (χ0) is 18.0. The van der Waals surface area contributed by atoms with E-state index >= 15 is 0 Å². The van der Waals surface area contributed by atoms with E-state index in [9.17, 15) is 13.2 Å². The van der Waals surface area contributed by atoms with Crippen molar-refractivity contribution in [1.29, 1.82) is 0 Å².